The highest BCUT2D eigenvalue weighted by Crippen LogP contribution is 2.36. The van der Waals surface area contributed by atoms with Crippen molar-refractivity contribution in [3.63, 3.8) is 0 Å². The van der Waals surface area contributed by atoms with Crippen LogP contribution >= 0.6 is 34.2 Å². The normalized spacial score (nSPS) is 11.5. The molecule has 0 fully saturated rings. The molecule has 0 bridgehead atoms. The van der Waals surface area contributed by atoms with E-state index in [1.54, 1.807) is 41.5 Å². The third-order valence-electron chi connectivity index (χ3n) is 5.87. The van der Waals surface area contributed by atoms with Gasteiger partial charge in [0.15, 0.2) is 17.4 Å². The van der Waals surface area contributed by atoms with E-state index in [2.05, 4.69) is 15.3 Å². The highest BCUT2D eigenvalue weighted by molar-refractivity contribution is 14.1. The zero-order chi connectivity index (χ0) is 35.6. The Morgan fingerprint density at radius 2 is 1.52 bits per heavy atom. The van der Waals surface area contributed by atoms with E-state index in [0.29, 0.717) is 14.2 Å². The second-order valence-corrected chi connectivity index (χ2v) is 13.5. The van der Waals surface area contributed by atoms with Crippen LogP contribution in [0.5, 0.6) is 11.6 Å². The zero-order valence-electron chi connectivity index (χ0n) is 26.4. The Morgan fingerprint density at radius 1 is 0.917 bits per heavy atom. The van der Waals surface area contributed by atoms with Crippen LogP contribution in [-0.2, 0) is 9.47 Å². The molecule has 2 heterocycles. The van der Waals surface area contributed by atoms with Crippen molar-refractivity contribution in [2.75, 3.05) is 10.2 Å². The number of imide groups is 1. The van der Waals surface area contributed by atoms with Crippen LogP contribution in [-0.4, -0.2) is 43.8 Å². The van der Waals surface area contributed by atoms with Gasteiger partial charge in [0.1, 0.15) is 33.9 Å². The molecule has 3 amide bonds. The zero-order valence-corrected chi connectivity index (χ0v) is 29.3. The molecule has 252 valence electrons. The number of aromatic nitrogens is 3. The summed E-state index contributed by atoms with van der Waals surface area (Å²) in [5, 5.41) is 2.04. The van der Waals surface area contributed by atoms with Crippen LogP contribution in [0, 0.1) is 15.2 Å². The van der Waals surface area contributed by atoms with E-state index in [-0.39, 0.29) is 11.3 Å². The maximum atomic E-state index is 15.3. The molecule has 0 radical (unpaired) electrons. The maximum absolute atomic E-state index is 15.3. The lowest BCUT2D eigenvalue weighted by atomic mass is 10.2. The molecule has 2 aromatic carbocycles. The minimum Gasteiger partial charge on any atom is -0.443 e. The molecule has 2 aromatic heterocycles. The monoisotopic (exact) mass is 795 g/mol. The summed E-state index contributed by atoms with van der Waals surface area (Å²) < 4.78 is 46.4. The molecule has 0 saturated heterocycles. The summed E-state index contributed by atoms with van der Waals surface area (Å²) in [5.74, 6) is -3.54. The number of benzene rings is 2. The van der Waals surface area contributed by atoms with Crippen LogP contribution in [0.1, 0.15) is 51.9 Å². The second-order valence-electron chi connectivity index (χ2n) is 12.0. The van der Waals surface area contributed by atoms with Crippen molar-refractivity contribution in [3.8, 4) is 17.3 Å². The van der Waals surface area contributed by atoms with Crippen LogP contribution in [0.2, 0.25) is 5.02 Å². The Bertz CT molecular complexity index is 1920. The Balaban J connectivity index is 1.60. The lowest BCUT2D eigenvalue weighted by molar-refractivity contribution is 0.0428. The minimum atomic E-state index is -1.15. The SMILES string of the molecule is CC(C)(C)OC(=O)N(C(=O)OC(C)(C)C)c1ncnc(Oc2ccc(NC(=O)c3c(I)ccn(-c4ccc(F)cc4)c3=O)cc2F)c1Cl. The first-order valence-electron chi connectivity index (χ1n) is 14.1. The van der Waals surface area contributed by atoms with Crippen molar-refractivity contribution >= 4 is 63.8 Å². The number of nitrogens with one attached hydrogen (secondary N) is 1. The second kappa shape index (κ2) is 14.2. The van der Waals surface area contributed by atoms with E-state index in [9.17, 15) is 23.6 Å². The van der Waals surface area contributed by atoms with Gasteiger partial charge in [-0.1, -0.05) is 11.6 Å². The van der Waals surface area contributed by atoms with Crippen molar-refractivity contribution < 1.29 is 37.4 Å². The summed E-state index contributed by atoms with van der Waals surface area (Å²) in [4.78, 5) is 60.7. The van der Waals surface area contributed by atoms with Gasteiger partial charge in [-0.3, -0.25) is 14.2 Å². The third kappa shape index (κ3) is 8.83. The van der Waals surface area contributed by atoms with E-state index in [1.807, 2.05) is 22.6 Å². The van der Waals surface area contributed by atoms with Gasteiger partial charge < -0.3 is 19.5 Å². The molecule has 16 heteroatoms. The summed E-state index contributed by atoms with van der Waals surface area (Å²) >= 11 is 8.29. The minimum absolute atomic E-state index is 0.0206. The molecule has 4 rings (SSSR count). The van der Waals surface area contributed by atoms with Crippen molar-refractivity contribution in [1.82, 2.24) is 14.5 Å². The number of halogens is 4. The lowest BCUT2D eigenvalue weighted by Crippen LogP contribution is -2.44. The first-order valence-corrected chi connectivity index (χ1v) is 15.5. The molecule has 4 aromatic rings. The number of pyridine rings is 1. The quantitative estimate of drug-likeness (QED) is 0.193. The number of carbonyl (C=O) groups is 3. The first kappa shape index (κ1) is 36.2. The molecular formula is C32H29ClF2IN5O7. The van der Waals surface area contributed by atoms with Crippen LogP contribution in [0.25, 0.3) is 5.69 Å². The average molecular weight is 796 g/mol. The smallest absolute Gasteiger partial charge is 0.425 e. The molecule has 12 nitrogen and oxygen atoms in total. The molecule has 0 aliphatic carbocycles. The Morgan fingerprint density at radius 3 is 2.08 bits per heavy atom. The van der Waals surface area contributed by atoms with Crippen LogP contribution in [0.15, 0.2) is 65.8 Å². The number of nitrogens with zero attached hydrogens (tertiary/aromatic N) is 4. The van der Waals surface area contributed by atoms with Gasteiger partial charge in [-0.05, 0) is 107 Å². The molecule has 0 saturated carbocycles. The van der Waals surface area contributed by atoms with E-state index in [4.69, 9.17) is 25.8 Å². The molecule has 0 spiro atoms. The number of hydrogen-bond donors (Lipinski definition) is 1. The highest BCUT2D eigenvalue weighted by atomic mass is 127. The van der Waals surface area contributed by atoms with Crippen molar-refractivity contribution in [2.45, 2.75) is 52.7 Å². The summed E-state index contributed by atoms with van der Waals surface area (Å²) in [6.45, 7) is 9.55. The van der Waals surface area contributed by atoms with Crippen molar-refractivity contribution in [2.24, 2.45) is 0 Å². The molecule has 0 aliphatic heterocycles. The van der Waals surface area contributed by atoms with Crippen molar-refractivity contribution in [1.29, 1.82) is 0 Å². The van der Waals surface area contributed by atoms with Gasteiger partial charge in [0.25, 0.3) is 11.5 Å². The number of ether oxygens (including phenoxy) is 3. The van der Waals surface area contributed by atoms with Crippen molar-refractivity contribution in [3.05, 3.63) is 97.2 Å². The summed E-state index contributed by atoms with van der Waals surface area (Å²) in [6.07, 6.45) is 0.0913. The highest BCUT2D eigenvalue weighted by Gasteiger charge is 2.36. The van der Waals surface area contributed by atoms with E-state index in [1.165, 1.54) is 47.2 Å². The van der Waals surface area contributed by atoms with Crippen LogP contribution in [0.4, 0.5) is 29.9 Å². The van der Waals surface area contributed by atoms with E-state index in [0.717, 1.165) is 18.5 Å². The fourth-order valence-corrected chi connectivity index (χ4v) is 4.78. The fourth-order valence-electron chi connectivity index (χ4n) is 3.92. The Kier molecular flexibility index (Phi) is 10.7. The van der Waals surface area contributed by atoms with Gasteiger partial charge >= 0.3 is 12.2 Å². The number of rotatable bonds is 6. The summed E-state index contributed by atoms with van der Waals surface area (Å²) in [6, 6.07) is 10.1. The third-order valence-corrected chi connectivity index (χ3v) is 7.10. The molecule has 0 atom stereocenters. The topological polar surface area (TPSA) is 142 Å². The number of hydrogen-bond acceptors (Lipinski definition) is 9. The molecular weight excluding hydrogens is 767 g/mol. The van der Waals surface area contributed by atoms with Gasteiger partial charge in [0.05, 0.1) is 0 Å². The van der Waals surface area contributed by atoms with E-state index < -0.39 is 69.0 Å². The van der Waals surface area contributed by atoms with Crippen LogP contribution < -0.4 is 20.5 Å². The molecule has 0 aliphatic rings. The standard InChI is InChI=1S/C32H29ClF2IN5O7/c1-31(2,3)47-29(44)41(30(45)48-32(4,5)6)25-24(33)27(38-16-37-25)46-22-12-9-18(15-20(22)35)39-26(42)23-21(36)13-14-40(28(23)43)19-10-7-17(34)8-11-19/h7-16H,1-6H3,(H,39,42). The lowest BCUT2D eigenvalue weighted by Gasteiger charge is -2.28. The first-order chi connectivity index (χ1) is 22.3. The summed E-state index contributed by atoms with van der Waals surface area (Å²) in [7, 11) is 0. The maximum Gasteiger partial charge on any atom is 0.425 e. The predicted molar refractivity (Wildman–Crippen MR) is 181 cm³/mol. The van der Waals surface area contributed by atoms with E-state index >= 15 is 4.39 Å². The molecule has 0 unspecified atom stereocenters. The van der Waals surface area contributed by atoms with Gasteiger partial charge in [-0.25, -0.2) is 23.4 Å². The van der Waals surface area contributed by atoms with Gasteiger partial charge in [0.2, 0.25) is 5.88 Å². The van der Waals surface area contributed by atoms with Gasteiger partial charge in [0, 0.05) is 27.2 Å². The van der Waals surface area contributed by atoms with Gasteiger partial charge in [-0.15, -0.1) is 0 Å². The Labute approximate surface area is 292 Å². The summed E-state index contributed by atoms with van der Waals surface area (Å²) in [5.41, 5.74) is -2.59. The van der Waals surface area contributed by atoms with Crippen LogP contribution in [0.3, 0.4) is 0 Å². The number of carbonyl (C=O) groups excluding carboxylic acids is 3. The number of anilines is 2. The molecule has 48 heavy (non-hydrogen) atoms. The van der Waals surface area contributed by atoms with Gasteiger partial charge in [-0.2, -0.15) is 9.88 Å². The predicted octanol–water partition coefficient (Wildman–Crippen LogP) is 7.88. The average Bonchev–Trinajstić information content (AvgIpc) is 2.95. The number of amides is 3. The Hall–Kier alpha value is -4.64. The molecule has 1 N–H and O–H groups in total. The largest absolute Gasteiger partial charge is 0.443 e. The fraction of sp³-hybridized carbons (Fsp3) is 0.250.